The first-order chi connectivity index (χ1) is 25.4. The summed E-state index contributed by atoms with van der Waals surface area (Å²) in [5.41, 5.74) is 0.249. The molecule has 2 saturated carbocycles. The SMILES string of the molecule is CN(C)c1ccc([C@@H]2OC[C@@]3(C)[C@@H]4C[C@H](OC(=O)c5ccc(C#N)cc5)[C@@]5(C)Oc6cc(-c7cccnc7)oc(=O)c6[C@H](O)[C@@H]5[C@@]4(C)CC[C@@H]3O2)cc1. The number of esters is 1. The lowest BCUT2D eigenvalue weighted by Crippen LogP contribution is -2.71. The summed E-state index contributed by atoms with van der Waals surface area (Å²) in [7, 11) is 3.99. The third kappa shape index (κ3) is 5.63. The van der Waals surface area contributed by atoms with E-state index in [0.29, 0.717) is 37.0 Å². The molecule has 11 heteroatoms. The third-order valence-corrected chi connectivity index (χ3v) is 12.5. The Balaban J connectivity index is 1.18. The lowest BCUT2D eigenvalue weighted by molar-refractivity contribution is -0.330. The number of aromatic nitrogens is 1. The highest BCUT2D eigenvalue weighted by atomic mass is 16.7. The molecule has 3 fully saturated rings. The van der Waals surface area contributed by atoms with E-state index in [2.05, 4.69) is 24.9 Å². The molecule has 11 nitrogen and oxygen atoms in total. The molecule has 8 rings (SSSR count). The van der Waals surface area contributed by atoms with Gasteiger partial charge in [-0.3, -0.25) is 4.98 Å². The Hall–Kier alpha value is -5.02. The van der Waals surface area contributed by atoms with Crippen LogP contribution in [0.1, 0.15) is 79.5 Å². The molecular formula is C42H43N3O8. The largest absolute Gasteiger partial charge is 0.482 e. The van der Waals surface area contributed by atoms with Gasteiger partial charge in [0.05, 0.1) is 36.0 Å². The molecule has 2 aromatic carbocycles. The molecule has 2 aromatic heterocycles. The van der Waals surface area contributed by atoms with Crippen LogP contribution in [0.5, 0.6) is 5.75 Å². The number of hydrogen-bond acceptors (Lipinski definition) is 11. The molecule has 4 aliphatic rings. The van der Waals surface area contributed by atoms with Crippen molar-refractivity contribution in [3.63, 3.8) is 0 Å². The number of carbonyl (C=O) groups is 1. The fourth-order valence-corrected chi connectivity index (χ4v) is 9.84. The highest BCUT2D eigenvalue weighted by molar-refractivity contribution is 5.89. The maximum atomic E-state index is 13.9. The summed E-state index contributed by atoms with van der Waals surface area (Å²) in [6.45, 7) is 6.56. The summed E-state index contributed by atoms with van der Waals surface area (Å²) in [6.07, 6.45) is 2.09. The first-order valence-corrected chi connectivity index (χ1v) is 18.1. The number of benzene rings is 2. The van der Waals surface area contributed by atoms with E-state index in [0.717, 1.165) is 11.3 Å². The van der Waals surface area contributed by atoms with Crippen molar-refractivity contribution in [2.24, 2.45) is 22.7 Å². The molecule has 0 unspecified atom stereocenters. The van der Waals surface area contributed by atoms with Crippen molar-refractivity contribution in [3.8, 4) is 23.1 Å². The summed E-state index contributed by atoms with van der Waals surface area (Å²) in [5, 5.41) is 21.7. The molecule has 9 atom stereocenters. The van der Waals surface area contributed by atoms with E-state index >= 15 is 0 Å². The molecule has 4 heterocycles. The first kappa shape index (κ1) is 35.0. The second-order valence-corrected chi connectivity index (χ2v) is 15.8. The van der Waals surface area contributed by atoms with E-state index in [1.54, 1.807) is 54.9 Å². The van der Waals surface area contributed by atoms with Crippen molar-refractivity contribution >= 4 is 11.7 Å². The van der Waals surface area contributed by atoms with Crippen molar-refractivity contribution < 1.29 is 33.3 Å². The van der Waals surface area contributed by atoms with Crippen molar-refractivity contribution in [2.45, 2.75) is 70.2 Å². The number of aliphatic hydroxyl groups excluding tert-OH is 1. The zero-order valence-corrected chi connectivity index (χ0v) is 30.4. The number of ether oxygens (including phenoxy) is 4. The van der Waals surface area contributed by atoms with Crippen LogP contribution < -0.4 is 15.3 Å². The average molecular weight is 718 g/mol. The normalized spacial score (nSPS) is 32.8. The number of rotatable bonds is 5. The highest BCUT2D eigenvalue weighted by Gasteiger charge is 2.71. The number of pyridine rings is 1. The zero-order chi connectivity index (χ0) is 37.3. The second kappa shape index (κ2) is 12.8. The summed E-state index contributed by atoms with van der Waals surface area (Å²) >= 11 is 0. The molecule has 1 saturated heterocycles. The van der Waals surface area contributed by atoms with Crippen molar-refractivity contribution in [1.82, 2.24) is 4.98 Å². The molecule has 2 aliphatic carbocycles. The fraction of sp³-hybridized carbons (Fsp3) is 0.429. The van der Waals surface area contributed by atoms with Gasteiger partial charge in [-0.15, -0.1) is 0 Å². The smallest absolute Gasteiger partial charge is 0.345 e. The minimum absolute atomic E-state index is 0.0452. The number of nitriles is 1. The Labute approximate surface area is 308 Å². The van der Waals surface area contributed by atoms with Crippen LogP contribution in [0.15, 0.2) is 88.3 Å². The van der Waals surface area contributed by atoms with Gasteiger partial charge in [0, 0.05) is 60.7 Å². The van der Waals surface area contributed by atoms with Crippen LogP contribution in [-0.4, -0.2) is 54.6 Å². The maximum Gasteiger partial charge on any atom is 0.345 e. The Morgan fingerprint density at radius 1 is 1.06 bits per heavy atom. The molecule has 2 aliphatic heterocycles. The van der Waals surface area contributed by atoms with Gasteiger partial charge in [-0.05, 0) is 86.1 Å². The molecule has 1 N–H and O–H groups in total. The molecule has 0 radical (unpaired) electrons. The monoisotopic (exact) mass is 717 g/mol. The molecule has 0 spiro atoms. The molecular weight excluding hydrogens is 674 g/mol. The highest BCUT2D eigenvalue weighted by Crippen LogP contribution is 2.68. The van der Waals surface area contributed by atoms with Gasteiger partial charge in [0.25, 0.3) is 0 Å². The van der Waals surface area contributed by atoms with Crippen molar-refractivity contribution in [1.29, 1.82) is 5.26 Å². The number of aliphatic hydroxyl groups is 1. The first-order valence-electron chi connectivity index (χ1n) is 18.1. The van der Waals surface area contributed by atoms with Gasteiger partial charge in [0.2, 0.25) is 0 Å². The molecule has 274 valence electrons. The summed E-state index contributed by atoms with van der Waals surface area (Å²) in [5.74, 6) is -1.01. The van der Waals surface area contributed by atoms with Crippen molar-refractivity contribution in [2.75, 3.05) is 25.6 Å². The summed E-state index contributed by atoms with van der Waals surface area (Å²) in [6, 6.07) is 21.6. The van der Waals surface area contributed by atoms with Crippen LogP contribution in [-0.2, 0) is 14.2 Å². The van der Waals surface area contributed by atoms with Crippen LogP contribution in [0.2, 0.25) is 0 Å². The lowest BCUT2D eigenvalue weighted by atomic mass is 9.42. The minimum Gasteiger partial charge on any atom is -0.482 e. The Morgan fingerprint density at radius 2 is 1.81 bits per heavy atom. The van der Waals surface area contributed by atoms with E-state index in [1.165, 1.54) is 0 Å². The predicted molar refractivity (Wildman–Crippen MR) is 194 cm³/mol. The number of carbonyl (C=O) groups excluding carboxylic acids is 1. The minimum atomic E-state index is -1.29. The topological polar surface area (TPSA) is 144 Å². The van der Waals surface area contributed by atoms with Crippen LogP contribution in [0, 0.1) is 34.0 Å². The quantitative estimate of drug-likeness (QED) is 0.223. The van der Waals surface area contributed by atoms with E-state index < -0.39 is 52.4 Å². The Morgan fingerprint density at radius 3 is 2.49 bits per heavy atom. The Bertz CT molecular complexity index is 2130. The number of fused-ring (bicyclic) bond motifs is 6. The van der Waals surface area contributed by atoms with Gasteiger partial charge in [0.15, 0.2) is 6.29 Å². The van der Waals surface area contributed by atoms with Crippen LogP contribution in [0.4, 0.5) is 5.69 Å². The Kier molecular flexibility index (Phi) is 8.48. The maximum absolute atomic E-state index is 13.9. The van der Waals surface area contributed by atoms with Gasteiger partial charge >= 0.3 is 11.6 Å². The third-order valence-electron chi connectivity index (χ3n) is 12.5. The van der Waals surface area contributed by atoms with Crippen LogP contribution in [0.3, 0.4) is 0 Å². The average Bonchev–Trinajstić information content (AvgIpc) is 3.15. The molecule has 4 aromatic rings. The van der Waals surface area contributed by atoms with Gasteiger partial charge in [-0.2, -0.15) is 5.26 Å². The fourth-order valence-electron chi connectivity index (χ4n) is 9.84. The summed E-state index contributed by atoms with van der Waals surface area (Å²) in [4.78, 5) is 33.8. The molecule has 0 bridgehead atoms. The van der Waals surface area contributed by atoms with E-state index in [4.69, 9.17) is 23.4 Å². The number of nitrogens with zero attached hydrogens (tertiary/aromatic N) is 3. The number of hydrogen-bond donors (Lipinski definition) is 1. The zero-order valence-electron chi connectivity index (χ0n) is 30.4. The molecule has 53 heavy (non-hydrogen) atoms. The van der Waals surface area contributed by atoms with Gasteiger partial charge in [-0.25, -0.2) is 9.59 Å². The second-order valence-electron chi connectivity index (χ2n) is 15.8. The van der Waals surface area contributed by atoms with Crippen molar-refractivity contribution in [3.05, 3.63) is 112 Å². The van der Waals surface area contributed by atoms with Gasteiger partial charge in [-0.1, -0.05) is 26.0 Å². The van der Waals surface area contributed by atoms with E-state index in [1.807, 2.05) is 50.2 Å². The standard InChI is InChI=1S/C42H43N3O8/c1-40-17-16-32-41(2,23-49-39(52-32)26-12-14-28(15-13-26)45(4)5)31(40)20-33(51-37(47)25-10-8-24(21-43)9-11-25)42(3)36(40)35(46)34-30(53-42)19-29(50-38(34)48)27-7-6-18-44-22-27/h6-15,18-19,22,31-33,35-36,39,46H,16-17,20,23H2,1-5H3/t31-,32+,33+,35+,36-,39-,40+,41+,42-/m1/s1. The van der Waals surface area contributed by atoms with Crippen LogP contribution in [0.25, 0.3) is 11.3 Å². The lowest BCUT2D eigenvalue weighted by Gasteiger charge is -2.67. The van der Waals surface area contributed by atoms with Crippen LogP contribution >= 0.6 is 0 Å². The van der Waals surface area contributed by atoms with Gasteiger partial charge in [0.1, 0.15) is 28.8 Å². The van der Waals surface area contributed by atoms with E-state index in [9.17, 15) is 20.0 Å². The predicted octanol–water partition coefficient (Wildman–Crippen LogP) is 6.61. The van der Waals surface area contributed by atoms with E-state index in [-0.39, 0.29) is 34.7 Å². The van der Waals surface area contributed by atoms with Gasteiger partial charge < -0.3 is 33.4 Å². The molecule has 0 amide bonds. The number of anilines is 1. The summed E-state index contributed by atoms with van der Waals surface area (Å²) < 4.78 is 32.4.